The number of piperidine rings is 1. The SMILES string of the molecule is CNC1CCCN(Cc2cccc(C(=O)Nc3ccccc3)c2)C1.Cl. The zero-order valence-corrected chi connectivity index (χ0v) is 15.4. The van der Waals surface area contributed by atoms with Gasteiger partial charge in [0.2, 0.25) is 0 Å². The Bertz CT molecular complexity index is 678. The van der Waals surface area contributed by atoms with Crippen molar-refractivity contribution in [2.75, 3.05) is 25.5 Å². The Morgan fingerprint density at radius 1 is 1.16 bits per heavy atom. The van der Waals surface area contributed by atoms with E-state index in [4.69, 9.17) is 0 Å². The highest BCUT2D eigenvalue weighted by Gasteiger charge is 2.18. The molecule has 4 nitrogen and oxygen atoms in total. The van der Waals surface area contributed by atoms with E-state index in [-0.39, 0.29) is 18.3 Å². The maximum absolute atomic E-state index is 12.4. The van der Waals surface area contributed by atoms with Crippen LogP contribution in [0, 0.1) is 0 Å². The molecule has 25 heavy (non-hydrogen) atoms. The predicted molar refractivity (Wildman–Crippen MR) is 105 cm³/mol. The minimum Gasteiger partial charge on any atom is -0.322 e. The normalized spacial score (nSPS) is 17.6. The van der Waals surface area contributed by atoms with Gasteiger partial charge in [-0.2, -0.15) is 0 Å². The van der Waals surface area contributed by atoms with Crippen LogP contribution in [-0.2, 0) is 6.54 Å². The van der Waals surface area contributed by atoms with E-state index in [1.807, 2.05) is 55.6 Å². The maximum atomic E-state index is 12.4. The standard InChI is InChI=1S/C20H25N3O.ClH/c1-21-19-11-6-12-23(15-19)14-16-7-5-8-17(13-16)20(24)22-18-9-3-2-4-10-18;/h2-5,7-10,13,19,21H,6,11-12,14-15H2,1H3,(H,22,24);1H. The van der Waals surface area contributed by atoms with E-state index in [2.05, 4.69) is 21.6 Å². The molecule has 1 aliphatic heterocycles. The summed E-state index contributed by atoms with van der Waals surface area (Å²) in [6.07, 6.45) is 2.46. The lowest BCUT2D eigenvalue weighted by atomic mass is 10.0. The van der Waals surface area contributed by atoms with E-state index in [1.54, 1.807) is 0 Å². The number of hydrogen-bond donors (Lipinski definition) is 2. The summed E-state index contributed by atoms with van der Waals surface area (Å²) in [6, 6.07) is 18.1. The summed E-state index contributed by atoms with van der Waals surface area (Å²) in [5, 5.41) is 6.31. The van der Waals surface area contributed by atoms with E-state index < -0.39 is 0 Å². The third-order valence-electron chi connectivity index (χ3n) is 4.54. The molecule has 0 spiro atoms. The van der Waals surface area contributed by atoms with Crippen LogP contribution in [-0.4, -0.2) is 37.0 Å². The van der Waals surface area contributed by atoms with Gasteiger partial charge in [0.1, 0.15) is 0 Å². The van der Waals surface area contributed by atoms with Crippen LogP contribution in [0.4, 0.5) is 5.69 Å². The summed E-state index contributed by atoms with van der Waals surface area (Å²) < 4.78 is 0. The van der Waals surface area contributed by atoms with Gasteiger partial charge in [-0.15, -0.1) is 12.4 Å². The Hall–Kier alpha value is -1.88. The molecule has 1 fully saturated rings. The number of carbonyl (C=O) groups is 1. The van der Waals surface area contributed by atoms with Gasteiger partial charge in [-0.05, 0) is 56.3 Å². The van der Waals surface area contributed by atoms with Gasteiger partial charge in [-0.1, -0.05) is 30.3 Å². The van der Waals surface area contributed by atoms with Crippen LogP contribution in [0.15, 0.2) is 54.6 Å². The van der Waals surface area contributed by atoms with Gasteiger partial charge >= 0.3 is 0 Å². The Labute approximate surface area is 156 Å². The van der Waals surface area contributed by atoms with Crippen molar-refractivity contribution in [3.63, 3.8) is 0 Å². The molecule has 1 aliphatic rings. The van der Waals surface area contributed by atoms with Gasteiger partial charge in [0, 0.05) is 30.4 Å². The topological polar surface area (TPSA) is 44.4 Å². The quantitative estimate of drug-likeness (QED) is 0.858. The highest BCUT2D eigenvalue weighted by atomic mass is 35.5. The molecule has 0 saturated carbocycles. The fraction of sp³-hybridized carbons (Fsp3) is 0.350. The van der Waals surface area contributed by atoms with E-state index in [9.17, 15) is 4.79 Å². The van der Waals surface area contributed by atoms with Crippen molar-refractivity contribution < 1.29 is 4.79 Å². The molecule has 2 aromatic rings. The maximum Gasteiger partial charge on any atom is 0.255 e. The van der Waals surface area contributed by atoms with Crippen LogP contribution in [0.5, 0.6) is 0 Å². The van der Waals surface area contributed by atoms with Crippen molar-refractivity contribution in [2.45, 2.75) is 25.4 Å². The smallest absolute Gasteiger partial charge is 0.255 e. The number of amides is 1. The lowest BCUT2D eigenvalue weighted by Crippen LogP contribution is -2.43. The lowest BCUT2D eigenvalue weighted by Gasteiger charge is -2.32. The fourth-order valence-electron chi connectivity index (χ4n) is 3.23. The molecule has 0 aliphatic carbocycles. The highest BCUT2D eigenvalue weighted by Crippen LogP contribution is 2.15. The fourth-order valence-corrected chi connectivity index (χ4v) is 3.23. The molecule has 2 N–H and O–H groups in total. The first-order valence-electron chi connectivity index (χ1n) is 8.59. The van der Waals surface area contributed by atoms with Crippen molar-refractivity contribution in [3.05, 3.63) is 65.7 Å². The first kappa shape index (κ1) is 19.4. The van der Waals surface area contributed by atoms with Crippen LogP contribution in [0.25, 0.3) is 0 Å². The Morgan fingerprint density at radius 2 is 1.96 bits per heavy atom. The minimum absolute atomic E-state index is 0. The summed E-state index contributed by atoms with van der Waals surface area (Å²) in [4.78, 5) is 14.9. The number of benzene rings is 2. The molecule has 1 saturated heterocycles. The molecule has 1 atom stereocenters. The average Bonchev–Trinajstić information content (AvgIpc) is 2.63. The molecule has 1 unspecified atom stereocenters. The first-order chi connectivity index (χ1) is 11.7. The second kappa shape index (κ2) is 9.56. The number of halogens is 1. The Morgan fingerprint density at radius 3 is 2.72 bits per heavy atom. The largest absolute Gasteiger partial charge is 0.322 e. The number of nitrogens with zero attached hydrogens (tertiary/aromatic N) is 1. The molecule has 1 heterocycles. The second-order valence-electron chi connectivity index (χ2n) is 6.38. The molecule has 134 valence electrons. The van der Waals surface area contributed by atoms with Crippen LogP contribution in [0.2, 0.25) is 0 Å². The minimum atomic E-state index is -0.0604. The molecular weight excluding hydrogens is 334 g/mol. The lowest BCUT2D eigenvalue weighted by molar-refractivity contribution is 0.102. The third-order valence-corrected chi connectivity index (χ3v) is 4.54. The summed E-state index contributed by atoms with van der Waals surface area (Å²) in [5.41, 5.74) is 2.71. The molecule has 5 heteroatoms. The van der Waals surface area contributed by atoms with E-state index in [1.165, 1.54) is 18.4 Å². The molecular formula is C20H26ClN3O. The van der Waals surface area contributed by atoms with Crippen molar-refractivity contribution in [2.24, 2.45) is 0 Å². The number of hydrogen-bond acceptors (Lipinski definition) is 3. The third kappa shape index (κ3) is 5.56. The molecule has 3 rings (SSSR count). The summed E-state index contributed by atoms with van der Waals surface area (Å²) in [5.74, 6) is -0.0604. The first-order valence-corrected chi connectivity index (χ1v) is 8.59. The second-order valence-corrected chi connectivity index (χ2v) is 6.38. The van der Waals surface area contributed by atoms with Crippen LogP contribution in [0.3, 0.4) is 0 Å². The van der Waals surface area contributed by atoms with Crippen molar-refractivity contribution in [1.29, 1.82) is 0 Å². The number of likely N-dealkylation sites (tertiary alicyclic amines) is 1. The molecule has 1 amide bonds. The number of para-hydroxylation sites is 1. The number of nitrogens with one attached hydrogen (secondary N) is 2. The molecule has 0 aromatic heterocycles. The molecule has 0 radical (unpaired) electrons. The number of carbonyl (C=O) groups excluding carboxylic acids is 1. The van der Waals surface area contributed by atoms with Gasteiger partial charge in [0.25, 0.3) is 5.91 Å². The Kier molecular flexibility index (Phi) is 7.44. The molecule has 0 bridgehead atoms. The van der Waals surface area contributed by atoms with Crippen LogP contribution < -0.4 is 10.6 Å². The average molecular weight is 360 g/mol. The zero-order valence-electron chi connectivity index (χ0n) is 14.6. The van der Waals surface area contributed by atoms with E-state index >= 15 is 0 Å². The Balaban J connectivity index is 0.00000225. The predicted octanol–water partition coefficient (Wildman–Crippen LogP) is 3.54. The number of likely N-dealkylation sites (N-methyl/N-ethyl adjacent to an activating group) is 1. The summed E-state index contributed by atoms with van der Waals surface area (Å²) >= 11 is 0. The van der Waals surface area contributed by atoms with Gasteiger partial charge < -0.3 is 10.6 Å². The molecule has 2 aromatic carbocycles. The van der Waals surface area contributed by atoms with Gasteiger partial charge in [-0.3, -0.25) is 9.69 Å². The van der Waals surface area contributed by atoms with Crippen LogP contribution in [0.1, 0.15) is 28.8 Å². The van der Waals surface area contributed by atoms with Crippen molar-refractivity contribution >= 4 is 24.0 Å². The van der Waals surface area contributed by atoms with Crippen molar-refractivity contribution in [1.82, 2.24) is 10.2 Å². The van der Waals surface area contributed by atoms with Gasteiger partial charge in [0.15, 0.2) is 0 Å². The number of rotatable bonds is 5. The van der Waals surface area contributed by atoms with Gasteiger partial charge in [0.05, 0.1) is 0 Å². The summed E-state index contributed by atoms with van der Waals surface area (Å²) in [6.45, 7) is 3.08. The zero-order chi connectivity index (χ0) is 16.8. The van der Waals surface area contributed by atoms with Crippen LogP contribution >= 0.6 is 12.4 Å². The summed E-state index contributed by atoms with van der Waals surface area (Å²) in [7, 11) is 2.03. The highest BCUT2D eigenvalue weighted by molar-refractivity contribution is 6.04. The monoisotopic (exact) mass is 359 g/mol. The number of anilines is 1. The van der Waals surface area contributed by atoms with Gasteiger partial charge in [-0.25, -0.2) is 0 Å². The van der Waals surface area contributed by atoms with Crippen molar-refractivity contribution in [3.8, 4) is 0 Å². The van der Waals surface area contributed by atoms with E-state index in [0.29, 0.717) is 11.6 Å². The van der Waals surface area contributed by atoms with E-state index in [0.717, 1.165) is 25.3 Å².